The van der Waals surface area contributed by atoms with Crippen LogP contribution in [0.4, 0.5) is 0 Å². The highest BCUT2D eigenvalue weighted by molar-refractivity contribution is 6.35. The highest BCUT2D eigenvalue weighted by Gasteiger charge is 2.13. The van der Waals surface area contributed by atoms with Gasteiger partial charge in [-0.3, -0.25) is 9.78 Å². The highest BCUT2D eigenvalue weighted by Crippen LogP contribution is 2.22. The Labute approximate surface area is 122 Å². The number of pyridine rings is 1. The molecule has 0 aliphatic carbocycles. The molecule has 0 aliphatic rings. The van der Waals surface area contributed by atoms with Crippen LogP contribution in [0.1, 0.15) is 27.2 Å². The van der Waals surface area contributed by atoms with Crippen molar-refractivity contribution in [2.45, 2.75) is 20.3 Å². The van der Waals surface area contributed by atoms with E-state index in [0.29, 0.717) is 15.7 Å². The quantitative estimate of drug-likeness (QED) is 0.784. The first-order valence-electron chi connectivity index (χ1n) is 5.88. The molecule has 0 aliphatic heterocycles. The third-order valence-electron chi connectivity index (χ3n) is 2.85. The van der Waals surface area contributed by atoms with E-state index in [-0.39, 0.29) is 12.2 Å². The molecule has 19 heavy (non-hydrogen) atoms. The maximum Gasteiger partial charge on any atom is 0.185 e. The van der Waals surface area contributed by atoms with E-state index in [0.717, 1.165) is 16.7 Å². The Hall–Kier alpha value is -1.38. The van der Waals surface area contributed by atoms with Gasteiger partial charge in [0.25, 0.3) is 0 Å². The second-order valence-corrected chi connectivity index (χ2v) is 5.36. The molecule has 0 saturated heterocycles. The third kappa shape index (κ3) is 3.34. The maximum atomic E-state index is 12.2. The maximum absolute atomic E-state index is 12.2. The smallest absolute Gasteiger partial charge is 0.185 e. The summed E-state index contributed by atoms with van der Waals surface area (Å²) in [5.41, 5.74) is 3.18. The second kappa shape index (κ2) is 5.72. The van der Waals surface area contributed by atoms with Crippen LogP contribution in [0.5, 0.6) is 0 Å². The predicted molar refractivity (Wildman–Crippen MR) is 78.2 cm³/mol. The summed E-state index contributed by atoms with van der Waals surface area (Å²) in [6, 6.07) is 7.09. The average molecular weight is 294 g/mol. The first kappa shape index (κ1) is 14.0. The predicted octanol–water partition coefficient (Wildman–Crippen LogP) is 4.43. The lowest BCUT2D eigenvalue weighted by Gasteiger charge is -2.07. The van der Waals surface area contributed by atoms with Crippen molar-refractivity contribution < 1.29 is 4.79 Å². The monoisotopic (exact) mass is 293 g/mol. The lowest BCUT2D eigenvalue weighted by Crippen LogP contribution is -2.08. The van der Waals surface area contributed by atoms with Gasteiger partial charge in [0.15, 0.2) is 5.78 Å². The molecule has 0 spiro atoms. The Morgan fingerprint density at radius 1 is 1.21 bits per heavy atom. The van der Waals surface area contributed by atoms with Gasteiger partial charge in [-0.1, -0.05) is 35.3 Å². The summed E-state index contributed by atoms with van der Waals surface area (Å²) >= 11 is 11.9. The van der Waals surface area contributed by atoms with Crippen molar-refractivity contribution in [3.05, 3.63) is 62.9 Å². The van der Waals surface area contributed by atoms with Gasteiger partial charge in [-0.25, -0.2) is 0 Å². The number of ketones is 1. The number of aromatic nitrogens is 1. The van der Waals surface area contributed by atoms with Crippen molar-refractivity contribution in [1.29, 1.82) is 0 Å². The van der Waals surface area contributed by atoms with E-state index in [1.165, 1.54) is 0 Å². The standard InChI is InChI=1S/C15H13Cl2NO/c1-9-5-10(2)15(18-8-9)14(19)6-11-3-4-12(16)7-13(11)17/h3-5,7-8H,6H2,1-2H3. The summed E-state index contributed by atoms with van der Waals surface area (Å²) in [6.45, 7) is 3.83. The SMILES string of the molecule is Cc1cnc(C(=O)Cc2ccc(Cl)cc2Cl)c(C)c1. The third-order valence-corrected chi connectivity index (χ3v) is 3.43. The molecule has 0 radical (unpaired) electrons. The summed E-state index contributed by atoms with van der Waals surface area (Å²) in [7, 11) is 0. The van der Waals surface area contributed by atoms with E-state index >= 15 is 0 Å². The van der Waals surface area contributed by atoms with Crippen LogP contribution in [-0.4, -0.2) is 10.8 Å². The van der Waals surface area contributed by atoms with Crippen molar-refractivity contribution in [1.82, 2.24) is 4.98 Å². The number of Topliss-reactive ketones (excluding diaryl/α,β-unsaturated/α-hetero) is 1. The van der Waals surface area contributed by atoms with Gasteiger partial charge >= 0.3 is 0 Å². The fourth-order valence-electron chi connectivity index (χ4n) is 1.93. The molecule has 1 aromatic carbocycles. The molecule has 0 fully saturated rings. The number of nitrogens with zero attached hydrogens (tertiary/aromatic N) is 1. The van der Waals surface area contributed by atoms with E-state index in [9.17, 15) is 4.79 Å². The minimum atomic E-state index is -0.0401. The zero-order valence-electron chi connectivity index (χ0n) is 10.7. The molecule has 1 heterocycles. The van der Waals surface area contributed by atoms with Gasteiger partial charge in [0, 0.05) is 22.7 Å². The van der Waals surface area contributed by atoms with Crippen LogP contribution < -0.4 is 0 Å². The number of carbonyl (C=O) groups excluding carboxylic acids is 1. The molecular formula is C15H13Cl2NO. The van der Waals surface area contributed by atoms with Crippen molar-refractivity contribution >= 4 is 29.0 Å². The molecule has 0 amide bonds. The highest BCUT2D eigenvalue weighted by atomic mass is 35.5. The normalized spacial score (nSPS) is 10.5. The van der Waals surface area contributed by atoms with Crippen LogP contribution in [-0.2, 0) is 6.42 Å². The molecule has 4 heteroatoms. The first-order valence-corrected chi connectivity index (χ1v) is 6.63. The summed E-state index contributed by atoms with van der Waals surface area (Å²) in [6.07, 6.45) is 1.93. The van der Waals surface area contributed by atoms with Crippen LogP contribution >= 0.6 is 23.2 Å². The number of hydrogen-bond acceptors (Lipinski definition) is 2. The Kier molecular flexibility index (Phi) is 4.23. The number of hydrogen-bond donors (Lipinski definition) is 0. The molecule has 1 aromatic heterocycles. The van der Waals surface area contributed by atoms with E-state index < -0.39 is 0 Å². The summed E-state index contributed by atoms with van der Waals surface area (Å²) in [4.78, 5) is 16.4. The minimum absolute atomic E-state index is 0.0401. The van der Waals surface area contributed by atoms with Gasteiger partial charge in [-0.05, 0) is 42.7 Å². The summed E-state index contributed by atoms with van der Waals surface area (Å²) < 4.78 is 0. The molecular weight excluding hydrogens is 281 g/mol. The van der Waals surface area contributed by atoms with Crippen LogP contribution in [0.15, 0.2) is 30.5 Å². The molecule has 0 bridgehead atoms. The molecule has 2 nitrogen and oxygen atoms in total. The zero-order valence-corrected chi connectivity index (χ0v) is 12.2. The van der Waals surface area contributed by atoms with Gasteiger partial charge in [0.2, 0.25) is 0 Å². The lowest BCUT2D eigenvalue weighted by atomic mass is 10.0. The van der Waals surface area contributed by atoms with Gasteiger partial charge in [-0.15, -0.1) is 0 Å². The second-order valence-electron chi connectivity index (χ2n) is 4.51. The van der Waals surface area contributed by atoms with Crippen LogP contribution in [0, 0.1) is 13.8 Å². The van der Waals surface area contributed by atoms with E-state index in [4.69, 9.17) is 23.2 Å². The number of benzene rings is 1. The Balaban J connectivity index is 2.25. The number of aryl methyl sites for hydroxylation is 2. The molecule has 2 aromatic rings. The number of carbonyl (C=O) groups is 1. The molecule has 0 atom stereocenters. The van der Waals surface area contributed by atoms with Crippen molar-refractivity contribution in [2.24, 2.45) is 0 Å². The molecule has 98 valence electrons. The summed E-state index contributed by atoms with van der Waals surface area (Å²) in [5, 5.41) is 1.07. The van der Waals surface area contributed by atoms with E-state index in [1.807, 2.05) is 19.9 Å². The number of halogens is 2. The zero-order chi connectivity index (χ0) is 14.0. The van der Waals surface area contributed by atoms with E-state index in [1.54, 1.807) is 24.4 Å². The van der Waals surface area contributed by atoms with Crippen LogP contribution in [0.2, 0.25) is 10.0 Å². The Morgan fingerprint density at radius 3 is 2.58 bits per heavy atom. The van der Waals surface area contributed by atoms with Crippen LogP contribution in [0.3, 0.4) is 0 Å². The van der Waals surface area contributed by atoms with Crippen molar-refractivity contribution in [3.63, 3.8) is 0 Å². The van der Waals surface area contributed by atoms with Gasteiger partial charge in [0.05, 0.1) is 0 Å². The number of rotatable bonds is 3. The van der Waals surface area contributed by atoms with E-state index in [2.05, 4.69) is 4.98 Å². The first-order chi connectivity index (χ1) is 8.97. The molecule has 0 N–H and O–H groups in total. The largest absolute Gasteiger partial charge is 0.292 e. The van der Waals surface area contributed by atoms with Gasteiger partial charge in [-0.2, -0.15) is 0 Å². The molecule has 2 rings (SSSR count). The van der Waals surface area contributed by atoms with Crippen molar-refractivity contribution in [3.8, 4) is 0 Å². The topological polar surface area (TPSA) is 30.0 Å². The Bertz CT molecular complexity index is 638. The fraction of sp³-hybridized carbons (Fsp3) is 0.200. The van der Waals surface area contributed by atoms with Crippen molar-refractivity contribution in [2.75, 3.05) is 0 Å². The van der Waals surface area contributed by atoms with Gasteiger partial charge < -0.3 is 0 Å². The van der Waals surface area contributed by atoms with Crippen LogP contribution in [0.25, 0.3) is 0 Å². The molecule has 0 saturated carbocycles. The minimum Gasteiger partial charge on any atom is -0.292 e. The lowest BCUT2D eigenvalue weighted by molar-refractivity contribution is 0.0987. The summed E-state index contributed by atoms with van der Waals surface area (Å²) in [5.74, 6) is -0.0401. The fourth-order valence-corrected chi connectivity index (χ4v) is 2.40. The van der Waals surface area contributed by atoms with Gasteiger partial charge in [0.1, 0.15) is 5.69 Å². The Morgan fingerprint density at radius 2 is 1.95 bits per heavy atom. The molecule has 0 unspecified atom stereocenters. The average Bonchev–Trinajstić information content (AvgIpc) is 2.32.